The molecule has 6 heteroatoms. The van der Waals surface area contributed by atoms with E-state index in [4.69, 9.17) is 23.2 Å². The summed E-state index contributed by atoms with van der Waals surface area (Å²) >= 11 is 11.6. The quantitative estimate of drug-likeness (QED) is 0.769. The molecule has 1 N–H and O–H groups in total. The van der Waals surface area contributed by atoms with E-state index in [0.717, 1.165) is 0 Å². The maximum atomic E-state index is 11.6. The van der Waals surface area contributed by atoms with Gasteiger partial charge >= 0.3 is 0 Å². The van der Waals surface area contributed by atoms with Crippen LogP contribution in [0.1, 0.15) is 0 Å². The summed E-state index contributed by atoms with van der Waals surface area (Å²) in [6.07, 6.45) is 0. The van der Waals surface area contributed by atoms with Gasteiger partial charge in [-0.1, -0.05) is 23.2 Å². The van der Waals surface area contributed by atoms with E-state index in [0.29, 0.717) is 22.3 Å². The SMILES string of the molecule is O=S1(=O)CCNc2c(Cl)cc(Cl)cc21. The molecule has 1 aromatic carbocycles. The minimum atomic E-state index is -3.22. The summed E-state index contributed by atoms with van der Waals surface area (Å²) < 4.78 is 23.2. The average Bonchev–Trinajstić information content (AvgIpc) is 2.06. The predicted molar refractivity (Wildman–Crippen MR) is 57.0 cm³/mol. The zero-order valence-corrected chi connectivity index (χ0v) is 9.38. The molecule has 1 aromatic rings. The van der Waals surface area contributed by atoms with Crippen LogP contribution in [0.3, 0.4) is 0 Å². The van der Waals surface area contributed by atoms with E-state index in [9.17, 15) is 8.42 Å². The van der Waals surface area contributed by atoms with E-state index >= 15 is 0 Å². The summed E-state index contributed by atoms with van der Waals surface area (Å²) in [4.78, 5) is 0.196. The normalized spacial score (nSPS) is 18.4. The number of fused-ring (bicyclic) bond motifs is 1. The largest absolute Gasteiger partial charge is 0.382 e. The third-order valence-electron chi connectivity index (χ3n) is 2.03. The van der Waals surface area contributed by atoms with Crippen LogP contribution in [0.4, 0.5) is 5.69 Å². The van der Waals surface area contributed by atoms with Crippen LogP contribution in [0.25, 0.3) is 0 Å². The molecule has 1 heterocycles. The Morgan fingerprint density at radius 3 is 2.71 bits per heavy atom. The molecule has 0 fully saturated rings. The van der Waals surface area contributed by atoms with Gasteiger partial charge in [-0.05, 0) is 12.1 Å². The molecule has 3 nitrogen and oxygen atoms in total. The van der Waals surface area contributed by atoms with Crippen LogP contribution < -0.4 is 5.32 Å². The molecule has 0 atom stereocenters. The number of anilines is 1. The molecule has 0 unspecified atom stereocenters. The molecule has 0 saturated carbocycles. The minimum Gasteiger partial charge on any atom is -0.382 e. The van der Waals surface area contributed by atoms with Crippen LogP contribution in [0.5, 0.6) is 0 Å². The number of sulfone groups is 1. The molecule has 0 aromatic heterocycles. The van der Waals surface area contributed by atoms with E-state index in [1.165, 1.54) is 12.1 Å². The van der Waals surface area contributed by atoms with Crippen molar-refractivity contribution < 1.29 is 8.42 Å². The second-order valence-electron chi connectivity index (χ2n) is 3.01. The highest BCUT2D eigenvalue weighted by molar-refractivity contribution is 7.91. The van der Waals surface area contributed by atoms with E-state index < -0.39 is 9.84 Å². The summed E-state index contributed by atoms with van der Waals surface area (Å²) in [6, 6.07) is 2.94. The third kappa shape index (κ3) is 1.58. The Labute approximate surface area is 91.9 Å². The summed E-state index contributed by atoms with van der Waals surface area (Å²) in [6.45, 7) is 0.386. The summed E-state index contributed by atoms with van der Waals surface area (Å²) in [7, 11) is -3.22. The lowest BCUT2D eigenvalue weighted by Crippen LogP contribution is -2.23. The highest BCUT2D eigenvalue weighted by Crippen LogP contribution is 2.35. The van der Waals surface area contributed by atoms with Crippen LogP contribution in [-0.4, -0.2) is 20.7 Å². The van der Waals surface area contributed by atoms with Gasteiger partial charge in [-0.3, -0.25) is 0 Å². The van der Waals surface area contributed by atoms with Gasteiger partial charge in [0.15, 0.2) is 9.84 Å². The van der Waals surface area contributed by atoms with Crippen molar-refractivity contribution in [3.05, 3.63) is 22.2 Å². The van der Waals surface area contributed by atoms with Crippen molar-refractivity contribution in [2.75, 3.05) is 17.6 Å². The second kappa shape index (κ2) is 3.29. The molecule has 2 rings (SSSR count). The predicted octanol–water partition coefficient (Wildman–Crippen LogP) is 2.19. The first-order valence-corrected chi connectivity index (χ1v) is 6.37. The molecule has 0 saturated heterocycles. The molecular weight excluding hydrogens is 245 g/mol. The lowest BCUT2D eigenvalue weighted by Gasteiger charge is -2.19. The standard InChI is InChI=1S/C8H7Cl2NO2S/c9-5-3-6(10)8-7(4-5)14(12,13)2-1-11-8/h3-4,11H,1-2H2. The van der Waals surface area contributed by atoms with Gasteiger partial charge in [-0.25, -0.2) is 8.42 Å². The molecule has 1 aliphatic heterocycles. The number of benzene rings is 1. The fourth-order valence-corrected chi connectivity index (χ4v) is 3.46. The Morgan fingerprint density at radius 2 is 2.00 bits per heavy atom. The van der Waals surface area contributed by atoms with Gasteiger partial charge in [0.05, 0.1) is 21.4 Å². The third-order valence-corrected chi connectivity index (χ3v) is 4.28. The molecule has 0 aliphatic carbocycles. The Morgan fingerprint density at radius 1 is 1.29 bits per heavy atom. The summed E-state index contributed by atoms with van der Waals surface area (Å²) in [5, 5.41) is 3.62. The number of rotatable bonds is 0. The topological polar surface area (TPSA) is 46.2 Å². The highest BCUT2D eigenvalue weighted by atomic mass is 35.5. The first-order chi connectivity index (χ1) is 6.50. The fourth-order valence-electron chi connectivity index (χ4n) is 1.39. The van der Waals surface area contributed by atoms with Gasteiger partial charge < -0.3 is 5.32 Å². The number of hydrogen-bond acceptors (Lipinski definition) is 3. The second-order valence-corrected chi connectivity index (χ2v) is 5.93. The lowest BCUT2D eigenvalue weighted by atomic mass is 10.3. The summed E-state index contributed by atoms with van der Waals surface area (Å²) in [5.41, 5.74) is 0.460. The summed E-state index contributed by atoms with van der Waals surface area (Å²) in [5.74, 6) is 0.0800. The van der Waals surface area contributed by atoms with Crippen molar-refractivity contribution in [3.63, 3.8) is 0 Å². The highest BCUT2D eigenvalue weighted by Gasteiger charge is 2.25. The van der Waals surface area contributed by atoms with Crippen molar-refractivity contribution in [3.8, 4) is 0 Å². The van der Waals surface area contributed by atoms with Gasteiger partial charge in [-0.15, -0.1) is 0 Å². The van der Waals surface area contributed by atoms with Crippen LogP contribution in [-0.2, 0) is 9.84 Å². The molecule has 0 radical (unpaired) electrons. The fraction of sp³-hybridized carbons (Fsp3) is 0.250. The lowest BCUT2D eigenvalue weighted by molar-refractivity contribution is 0.595. The Bertz CT molecular complexity index is 484. The van der Waals surface area contributed by atoms with E-state index in [-0.39, 0.29) is 10.6 Å². The zero-order valence-electron chi connectivity index (χ0n) is 7.05. The first-order valence-electron chi connectivity index (χ1n) is 3.96. The van der Waals surface area contributed by atoms with E-state index in [1.807, 2.05) is 0 Å². The van der Waals surface area contributed by atoms with Crippen LogP contribution in [0, 0.1) is 0 Å². The maximum Gasteiger partial charge on any atom is 0.182 e. The van der Waals surface area contributed by atoms with Crippen LogP contribution in [0.15, 0.2) is 17.0 Å². The molecular formula is C8H7Cl2NO2S. The van der Waals surface area contributed by atoms with Gasteiger partial charge in [0, 0.05) is 11.6 Å². The number of nitrogens with one attached hydrogen (secondary N) is 1. The maximum absolute atomic E-state index is 11.6. The zero-order chi connectivity index (χ0) is 10.3. The van der Waals surface area contributed by atoms with Crippen molar-refractivity contribution in [2.24, 2.45) is 0 Å². The average molecular weight is 252 g/mol. The minimum absolute atomic E-state index is 0.0800. The van der Waals surface area contributed by atoms with Crippen molar-refractivity contribution in [1.82, 2.24) is 0 Å². The molecule has 1 aliphatic rings. The molecule has 76 valence electrons. The van der Waals surface area contributed by atoms with E-state index in [1.54, 1.807) is 0 Å². The van der Waals surface area contributed by atoms with Crippen LogP contribution in [0.2, 0.25) is 10.0 Å². The van der Waals surface area contributed by atoms with Crippen molar-refractivity contribution >= 4 is 38.7 Å². The number of halogens is 2. The molecule has 14 heavy (non-hydrogen) atoms. The van der Waals surface area contributed by atoms with Crippen LogP contribution >= 0.6 is 23.2 Å². The first kappa shape index (κ1) is 10.1. The Kier molecular flexibility index (Phi) is 2.37. The smallest absolute Gasteiger partial charge is 0.182 e. The monoisotopic (exact) mass is 251 g/mol. The molecule has 0 amide bonds. The van der Waals surface area contributed by atoms with Gasteiger partial charge in [0.2, 0.25) is 0 Å². The van der Waals surface area contributed by atoms with Gasteiger partial charge in [0.25, 0.3) is 0 Å². The Balaban J connectivity index is 2.76. The molecule has 0 spiro atoms. The van der Waals surface area contributed by atoms with Gasteiger partial charge in [-0.2, -0.15) is 0 Å². The van der Waals surface area contributed by atoms with Crippen molar-refractivity contribution in [1.29, 1.82) is 0 Å². The van der Waals surface area contributed by atoms with Crippen molar-refractivity contribution in [2.45, 2.75) is 4.90 Å². The van der Waals surface area contributed by atoms with E-state index in [2.05, 4.69) is 5.32 Å². The number of hydrogen-bond donors (Lipinski definition) is 1. The Hall–Kier alpha value is -0.450. The molecule has 0 bridgehead atoms. The van der Waals surface area contributed by atoms with Gasteiger partial charge in [0.1, 0.15) is 0 Å².